The van der Waals surface area contributed by atoms with E-state index in [1.54, 1.807) is 0 Å². The monoisotopic (exact) mass is 227 g/mol. The highest BCUT2D eigenvalue weighted by atomic mass is 19.1. The van der Waals surface area contributed by atoms with E-state index in [9.17, 15) is 9.18 Å². The zero-order valence-electron chi connectivity index (χ0n) is 9.41. The molecule has 0 radical (unpaired) electrons. The Labute approximate surface area is 93.2 Å². The Hall–Kier alpha value is -1.62. The van der Waals surface area contributed by atoms with Crippen molar-refractivity contribution in [3.05, 3.63) is 23.5 Å². The summed E-state index contributed by atoms with van der Waals surface area (Å²) in [5, 5.41) is 0. The van der Waals surface area contributed by atoms with Crippen molar-refractivity contribution in [1.29, 1.82) is 0 Å². The number of halogens is 1. The average molecular weight is 227 g/mol. The number of rotatable bonds is 4. The summed E-state index contributed by atoms with van der Waals surface area (Å²) in [7, 11) is 2.76. The van der Waals surface area contributed by atoms with E-state index in [-0.39, 0.29) is 17.1 Å². The lowest BCUT2D eigenvalue weighted by atomic mass is 10.0. The van der Waals surface area contributed by atoms with Gasteiger partial charge in [0.25, 0.3) is 0 Å². The average Bonchev–Trinajstić information content (AvgIpc) is 2.26. The zero-order chi connectivity index (χ0) is 12.3. The van der Waals surface area contributed by atoms with Gasteiger partial charge in [-0.1, -0.05) is 0 Å². The molecule has 1 rings (SSSR count). The number of ether oxygens (including phenoxy) is 2. The number of Topliss-reactive ketones (excluding diaryl/α,β-unsaturated/α-hetero) is 1. The summed E-state index contributed by atoms with van der Waals surface area (Å²) in [6.07, 6.45) is 0. The first-order chi connectivity index (χ1) is 7.51. The largest absolute Gasteiger partial charge is 0.497 e. The van der Waals surface area contributed by atoms with E-state index in [4.69, 9.17) is 15.2 Å². The van der Waals surface area contributed by atoms with Crippen LogP contribution in [-0.4, -0.2) is 26.0 Å². The Morgan fingerprint density at radius 1 is 1.38 bits per heavy atom. The maximum absolute atomic E-state index is 13.7. The van der Waals surface area contributed by atoms with E-state index in [0.717, 1.165) is 6.07 Å². The summed E-state index contributed by atoms with van der Waals surface area (Å²) in [5.41, 5.74) is 5.29. The molecule has 0 fully saturated rings. The van der Waals surface area contributed by atoms with Crippen molar-refractivity contribution in [2.75, 3.05) is 14.2 Å². The van der Waals surface area contributed by atoms with Gasteiger partial charge in [-0.15, -0.1) is 0 Å². The highest BCUT2D eigenvalue weighted by molar-refractivity contribution is 6.02. The van der Waals surface area contributed by atoms with Crippen molar-refractivity contribution >= 4 is 5.78 Å². The zero-order valence-corrected chi connectivity index (χ0v) is 9.41. The molecule has 4 nitrogen and oxygen atoms in total. The Bertz CT molecular complexity index is 404. The van der Waals surface area contributed by atoms with Crippen LogP contribution < -0.4 is 15.2 Å². The maximum atomic E-state index is 13.7. The molecule has 0 aromatic heterocycles. The van der Waals surface area contributed by atoms with Gasteiger partial charge in [-0.05, 0) is 6.92 Å². The standard InChI is InChI=1S/C11H14FNO3/c1-6(13)11(14)10-8(12)4-7(15-2)5-9(10)16-3/h4-6H,13H2,1-3H3. The van der Waals surface area contributed by atoms with Gasteiger partial charge in [0, 0.05) is 12.1 Å². The van der Waals surface area contributed by atoms with Crippen molar-refractivity contribution in [3.63, 3.8) is 0 Å². The number of ketones is 1. The molecule has 0 saturated heterocycles. The third-order valence-corrected chi connectivity index (χ3v) is 2.14. The van der Waals surface area contributed by atoms with Gasteiger partial charge in [0.15, 0.2) is 5.78 Å². The van der Waals surface area contributed by atoms with Crippen molar-refractivity contribution in [2.24, 2.45) is 5.73 Å². The number of methoxy groups -OCH3 is 2. The number of carbonyl (C=O) groups excluding carboxylic acids is 1. The Morgan fingerprint density at radius 3 is 2.44 bits per heavy atom. The summed E-state index contributed by atoms with van der Waals surface area (Å²) < 4.78 is 23.5. The van der Waals surface area contributed by atoms with E-state index in [2.05, 4.69) is 0 Å². The molecule has 0 heterocycles. The molecule has 0 aliphatic carbocycles. The number of benzene rings is 1. The summed E-state index contributed by atoms with van der Waals surface area (Å²) in [5.74, 6) is -0.787. The van der Waals surface area contributed by atoms with Crippen LogP contribution in [0.1, 0.15) is 17.3 Å². The van der Waals surface area contributed by atoms with Crippen molar-refractivity contribution in [2.45, 2.75) is 13.0 Å². The quantitative estimate of drug-likeness (QED) is 0.789. The summed E-state index contributed by atoms with van der Waals surface area (Å²) >= 11 is 0. The minimum Gasteiger partial charge on any atom is -0.497 e. The highest BCUT2D eigenvalue weighted by Gasteiger charge is 2.22. The molecule has 0 spiro atoms. The van der Waals surface area contributed by atoms with Gasteiger partial charge in [-0.2, -0.15) is 0 Å². The second-order valence-corrected chi connectivity index (χ2v) is 3.34. The van der Waals surface area contributed by atoms with Gasteiger partial charge in [0.1, 0.15) is 17.3 Å². The van der Waals surface area contributed by atoms with Crippen LogP contribution in [0.25, 0.3) is 0 Å². The van der Waals surface area contributed by atoms with Crippen LogP contribution in [-0.2, 0) is 0 Å². The highest BCUT2D eigenvalue weighted by Crippen LogP contribution is 2.28. The topological polar surface area (TPSA) is 61.5 Å². The van der Waals surface area contributed by atoms with Crippen molar-refractivity contribution in [1.82, 2.24) is 0 Å². The molecule has 0 amide bonds. The van der Waals surface area contributed by atoms with Gasteiger partial charge < -0.3 is 15.2 Å². The Morgan fingerprint density at radius 2 is 2.00 bits per heavy atom. The molecule has 16 heavy (non-hydrogen) atoms. The molecular formula is C11H14FNO3. The first kappa shape index (κ1) is 12.4. The molecule has 1 aromatic carbocycles. The van der Waals surface area contributed by atoms with Gasteiger partial charge in [-0.25, -0.2) is 4.39 Å². The number of hydrogen-bond donors (Lipinski definition) is 1. The minimum absolute atomic E-state index is 0.124. The minimum atomic E-state index is -0.781. The van der Waals surface area contributed by atoms with Crippen LogP contribution in [0.2, 0.25) is 0 Å². The summed E-state index contributed by atoms with van der Waals surface area (Å²) in [6, 6.07) is 1.79. The number of nitrogens with two attached hydrogens (primary N) is 1. The molecule has 0 bridgehead atoms. The van der Waals surface area contributed by atoms with Crippen LogP contribution in [0, 0.1) is 5.82 Å². The normalized spacial score (nSPS) is 12.1. The molecule has 5 heteroatoms. The van der Waals surface area contributed by atoms with Crippen LogP contribution >= 0.6 is 0 Å². The predicted octanol–water partition coefficient (Wildman–Crippen LogP) is 1.37. The van der Waals surface area contributed by atoms with Gasteiger partial charge >= 0.3 is 0 Å². The molecule has 1 atom stereocenters. The summed E-state index contributed by atoms with van der Waals surface area (Å²) in [6.45, 7) is 1.49. The van der Waals surface area contributed by atoms with E-state index < -0.39 is 17.6 Å². The van der Waals surface area contributed by atoms with Crippen LogP contribution in [0.3, 0.4) is 0 Å². The number of carbonyl (C=O) groups is 1. The first-order valence-corrected chi connectivity index (χ1v) is 4.72. The van der Waals surface area contributed by atoms with Gasteiger partial charge in [0.05, 0.1) is 25.8 Å². The third-order valence-electron chi connectivity index (χ3n) is 2.14. The molecule has 0 saturated carbocycles. The molecule has 1 aromatic rings. The molecule has 2 N–H and O–H groups in total. The molecule has 0 aliphatic heterocycles. The molecule has 1 unspecified atom stereocenters. The van der Waals surface area contributed by atoms with E-state index in [1.165, 1.54) is 27.2 Å². The lowest BCUT2D eigenvalue weighted by Crippen LogP contribution is -2.27. The second kappa shape index (κ2) is 4.94. The fourth-order valence-electron chi connectivity index (χ4n) is 1.30. The third kappa shape index (κ3) is 2.30. The fraction of sp³-hybridized carbons (Fsp3) is 0.364. The Kier molecular flexibility index (Phi) is 3.84. The van der Waals surface area contributed by atoms with Gasteiger partial charge in [-0.3, -0.25) is 4.79 Å². The molecular weight excluding hydrogens is 213 g/mol. The number of hydrogen-bond acceptors (Lipinski definition) is 4. The van der Waals surface area contributed by atoms with Crippen LogP contribution in [0.15, 0.2) is 12.1 Å². The first-order valence-electron chi connectivity index (χ1n) is 4.72. The molecule has 88 valence electrons. The molecule has 0 aliphatic rings. The predicted molar refractivity (Wildman–Crippen MR) is 57.5 cm³/mol. The summed E-state index contributed by atoms with van der Waals surface area (Å²) in [4.78, 5) is 11.7. The van der Waals surface area contributed by atoms with Crippen LogP contribution in [0.4, 0.5) is 4.39 Å². The van der Waals surface area contributed by atoms with E-state index >= 15 is 0 Å². The van der Waals surface area contributed by atoms with Crippen molar-refractivity contribution in [3.8, 4) is 11.5 Å². The van der Waals surface area contributed by atoms with Crippen molar-refractivity contribution < 1.29 is 18.7 Å². The Balaban J connectivity index is 3.32. The SMILES string of the molecule is COc1cc(F)c(C(=O)C(C)N)c(OC)c1. The smallest absolute Gasteiger partial charge is 0.185 e. The lowest BCUT2D eigenvalue weighted by Gasteiger charge is -2.12. The van der Waals surface area contributed by atoms with E-state index in [1.807, 2.05) is 0 Å². The lowest BCUT2D eigenvalue weighted by molar-refractivity contribution is 0.0960. The van der Waals surface area contributed by atoms with E-state index in [0.29, 0.717) is 0 Å². The second-order valence-electron chi connectivity index (χ2n) is 3.34. The fourth-order valence-corrected chi connectivity index (χ4v) is 1.30. The van der Waals surface area contributed by atoms with Gasteiger partial charge in [0.2, 0.25) is 0 Å². The van der Waals surface area contributed by atoms with Crippen LogP contribution in [0.5, 0.6) is 11.5 Å². The maximum Gasteiger partial charge on any atom is 0.185 e.